The molecule has 0 amide bonds. The number of halogens is 1. The highest BCUT2D eigenvalue weighted by Crippen LogP contribution is 2.23. The van der Waals surface area contributed by atoms with Crippen LogP contribution < -0.4 is 0 Å². The summed E-state index contributed by atoms with van der Waals surface area (Å²) in [5, 5.41) is 0. The first-order valence-corrected chi connectivity index (χ1v) is 5.92. The van der Waals surface area contributed by atoms with Crippen molar-refractivity contribution in [2.75, 3.05) is 13.1 Å². The smallest absolute Gasteiger partial charge is 0.142 e. The first kappa shape index (κ1) is 11.5. The summed E-state index contributed by atoms with van der Waals surface area (Å²) in [6.45, 7) is 4.21. The van der Waals surface area contributed by atoms with Crippen LogP contribution in [-0.4, -0.2) is 34.1 Å². The molecule has 88 valence electrons. The van der Waals surface area contributed by atoms with E-state index in [4.69, 9.17) is 0 Å². The van der Waals surface area contributed by atoms with Gasteiger partial charge in [-0.05, 0) is 24.9 Å². The molecular formula is C12H18FN3. The lowest BCUT2D eigenvalue weighted by Crippen LogP contribution is -2.41. The van der Waals surface area contributed by atoms with Crippen LogP contribution in [0.4, 0.5) is 4.39 Å². The number of rotatable bonds is 3. The van der Waals surface area contributed by atoms with Crippen LogP contribution >= 0.6 is 0 Å². The number of aromatic nitrogens is 2. The fourth-order valence-corrected chi connectivity index (χ4v) is 2.23. The van der Waals surface area contributed by atoms with Crippen molar-refractivity contribution >= 4 is 0 Å². The van der Waals surface area contributed by atoms with Gasteiger partial charge < -0.3 is 0 Å². The molecule has 1 aromatic rings. The van der Waals surface area contributed by atoms with Crippen molar-refractivity contribution in [1.82, 2.24) is 14.9 Å². The van der Waals surface area contributed by atoms with Crippen LogP contribution in [0, 0.1) is 5.92 Å². The maximum atomic E-state index is 13.7. The van der Waals surface area contributed by atoms with Crippen molar-refractivity contribution in [2.45, 2.75) is 32.5 Å². The summed E-state index contributed by atoms with van der Waals surface area (Å²) < 4.78 is 13.7. The van der Waals surface area contributed by atoms with E-state index in [1.807, 2.05) is 0 Å². The Morgan fingerprint density at radius 2 is 2.19 bits per heavy atom. The van der Waals surface area contributed by atoms with Crippen molar-refractivity contribution in [3.05, 3.63) is 24.3 Å². The van der Waals surface area contributed by atoms with Crippen LogP contribution in [0.1, 0.15) is 25.6 Å². The molecule has 0 radical (unpaired) electrons. The normalized spacial score (nSPS) is 26.9. The van der Waals surface area contributed by atoms with Gasteiger partial charge in [-0.2, -0.15) is 0 Å². The molecule has 2 rings (SSSR count). The van der Waals surface area contributed by atoms with E-state index in [-0.39, 0.29) is 5.92 Å². The highest BCUT2D eigenvalue weighted by Gasteiger charge is 2.27. The summed E-state index contributed by atoms with van der Waals surface area (Å²) >= 11 is 0. The van der Waals surface area contributed by atoms with E-state index in [0.717, 1.165) is 25.2 Å². The van der Waals surface area contributed by atoms with Gasteiger partial charge >= 0.3 is 0 Å². The molecule has 0 aliphatic carbocycles. The van der Waals surface area contributed by atoms with Gasteiger partial charge in [0.25, 0.3) is 0 Å². The summed E-state index contributed by atoms with van der Waals surface area (Å²) in [7, 11) is 0. The van der Waals surface area contributed by atoms with Crippen LogP contribution in [0.5, 0.6) is 0 Å². The van der Waals surface area contributed by atoms with Crippen LogP contribution in [0.2, 0.25) is 0 Å². The van der Waals surface area contributed by atoms with Crippen molar-refractivity contribution in [3.63, 3.8) is 0 Å². The molecular weight excluding hydrogens is 205 g/mol. The maximum Gasteiger partial charge on any atom is 0.142 e. The predicted molar refractivity (Wildman–Crippen MR) is 60.6 cm³/mol. The topological polar surface area (TPSA) is 29.0 Å². The average molecular weight is 223 g/mol. The number of alkyl halides is 1. The zero-order chi connectivity index (χ0) is 11.4. The fraction of sp³-hybridized carbons (Fsp3) is 0.667. The summed E-state index contributed by atoms with van der Waals surface area (Å²) in [5.41, 5.74) is 0. The number of likely N-dealkylation sites (tertiary alicyclic amines) is 1. The van der Waals surface area contributed by atoms with Gasteiger partial charge in [-0.3, -0.25) is 4.90 Å². The number of hydrogen-bond acceptors (Lipinski definition) is 3. The van der Waals surface area contributed by atoms with E-state index in [0.29, 0.717) is 13.1 Å². The third-order valence-electron chi connectivity index (χ3n) is 3.27. The highest BCUT2D eigenvalue weighted by molar-refractivity contribution is 4.90. The first-order valence-electron chi connectivity index (χ1n) is 5.92. The monoisotopic (exact) mass is 223 g/mol. The molecule has 0 bridgehead atoms. The Bertz CT molecular complexity index is 317. The number of hydrogen-bond donors (Lipinski definition) is 0. The Labute approximate surface area is 95.7 Å². The molecule has 2 atom stereocenters. The van der Waals surface area contributed by atoms with Gasteiger partial charge in [-0.25, -0.2) is 14.4 Å². The van der Waals surface area contributed by atoms with Crippen LogP contribution in [0.3, 0.4) is 0 Å². The van der Waals surface area contributed by atoms with Crippen LogP contribution in [0.25, 0.3) is 0 Å². The zero-order valence-corrected chi connectivity index (χ0v) is 9.64. The van der Waals surface area contributed by atoms with Crippen LogP contribution in [0.15, 0.2) is 18.5 Å². The predicted octanol–water partition coefficient (Wildman–Crippen LogP) is 2.05. The van der Waals surface area contributed by atoms with Gasteiger partial charge in [0, 0.05) is 18.9 Å². The van der Waals surface area contributed by atoms with Gasteiger partial charge in [0.05, 0.1) is 6.54 Å². The highest BCUT2D eigenvalue weighted by atomic mass is 19.1. The Kier molecular flexibility index (Phi) is 3.83. The summed E-state index contributed by atoms with van der Waals surface area (Å²) in [5.74, 6) is 1.03. The van der Waals surface area contributed by atoms with Gasteiger partial charge in [-0.1, -0.05) is 13.3 Å². The Morgan fingerprint density at radius 3 is 2.81 bits per heavy atom. The lowest BCUT2D eigenvalue weighted by atomic mass is 9.92. The molecule has 0 saturated carbocycles. The molecule has 4 heteroatoms. The largest absolute Gasteiger partial charge is 0.293 e. The molecule has 0 unspecified atom stereocenters. The summed E-state index contributed by atoms with van der Waals surface area (Å²) in [6, 6.07) is 1.80. The molecule has 16 heavy (non-hydrogen) atoms. The zero-order valence-electron chi connectivity index (χ0n) is 9.64. The van der Waals surface area contributed by atoms with E-state index in [1.165, 1.54) is 0 Å². The molecule has 3 nitrogen and oxygen atoms in total. The molecule has 0 N–H and O–H groups in total. The van der Waals surface area contributed by atoms with E-state index >= 15 is 0 Å². The summed E-state index contributed by atoms with van der Waals surface area (Å²) in [4.78, 5) is 10.4. The molecule has 1 aliphatic rings. The lowest BCUT2D eigenvalue weighted by molar-refractivity contribution is 0.0766. The lowest BCUT2D eigenvalue weighted by Gasteiger charge is -2.33. The number of piperidine rings is 1. The minimum Gasteiger partial charge on any atom is -0.293 e. The maximum absolute atomic E-state index is 13.7. The van der Waals surface area contributed by atoms with Crippen molar-refractivity contribution in [3.8, 4) is 0 Å². The molecule has 1 aromatic heterocycles. The van der Waals surface area contributed by atoms with E-state index in [1.54, 1.807) is 18.5 Å². The quantitative estimate of drug-likeness (QED) is 0.785. The second-order valence-corrected chi connectivity index (χ2v) is 4.37. The van der Waals surface area contributed by atoms with E-state index < -0.39 is 6.17 Å². The SMILES string of the molecule is CC[C@@H]1CCN(Cc2ncccn2)C[C@@H]1F. The standard InChI is InChI=1S/C12H18FN3/c1-2-10-4-7-16(8-11(10)13)9-12-14-5-3-6-15-12/h3,5-6,10-11H,2,4,7-9H2,1H3/t10-,11+/m1/s1. The van der Waals surface area contributed by atoms with Crippen molar-refractivity contribution in [2.24, 2.45) is 5.92 Å². The second kappa shape index (κ2) is 5.34. The molecule has 1 aliphatic heterocycles. The average Bonchev–Trinajstić information content (AvgIpc) is 2.31. The third-order valence-corrected chi connectivity index (χ3v) is 3.27. The molecule has 0 spiro atoms. The van der Waals surface area contributed by atoms with Crippen LogP contribution in [-0.2, 0) is 6.54 Å². The Balaban J connectivity index is 1.89. The number of nitrogens with zero attached hydrogens (tertiary/aromatic N) is 3. The van der Waals surface area contributed by atoms with Gasteiger partial charge in [-0.15, -0.1) is 0 Å². The first-order chi connectivity index (χ1) is 7.79. The third kappa shape index (κ3) is 2.76. The second-order valence-electron chi connectivity index (χ2n) is 4.37. The molecule has 0 aromatic carbocycles. The minimum atomic E-state index is -0.692. The molecule has 1 fully saturated rings. The summed E-state index contributed by atoms with van der Waals surface area (Å²) in [6.07, 6.45) is 4.66. The van der Waals surface area contributed by atoms with Gasteiger partial charge in [0.2, 0.25) is 0 Å². The van der Waals surface area contributed by atoms with Crippen molar-refractivity contribution in [1.29, 1.82) is 0 Å². The Hall–Kier alpha value is -1.03. The van der Waals surface area contributed by atoms with Gasteiger partial charge in [0.15, 0.2) is 0 Å². The Morgan fingerprint density at radius 1 is 1.44 bits per heavy atom. The minimum absolute atomic E-state index is 0.243. The fourth-order valence-electron chi connectivity index (χ4n) is 2.23. The molecule has 2 heterocycles. The van der Waals surface area contributed by atoms with Crippen molar-refractivity contribution < 1.29 is 4.39 Å². The van der Waals surface area contributed by atoms with E-state index in [9.17, 15) is 4.39 Å². The van der Waals surface area contributed by atoms with Gasteiger partial charge in [0.1, 0.15) is 12.0 Å². The van der Waals surface area contributed by atoms with E-state index in [2.05, 4.69) is 21.8 Å². The molecule has 1 saturated heterocycles.